The highest BCUT2D eigenvalue weighted by Gasteiger charge is 2.22. The SMILES string of the molecule is CN(C)C(=O)c1cn2c3nc(Cl)ncc3c(=O)n(-c3c(Cl)cccc3Cl)c2n1. The number of carbonyl (C=O) groups is 1. The van der Waals surface area contributed by atoms with Gasteiger partial charge >= 0.3 is 0 Å². The summed E-state index contributed by atoms with van der Waals surface area (Å²) in [5, 5.41) is 0.605. The van der Waals surface area contributed by atoms with Crippen molar-refractivity contribution in [1.29, 1.82) is 0 Å². The fourth-order valence-electron chi connectivity index (χ4n) is 2.82. The van der Waals surface area contributed by atoms with Gasteiger partial charge < -0.3 is 4.90 Å². The van der Waals surface area contributed by atoms with Crippen LogP contribution < -0.4 is 5.56 Å². The zero-order valence-corrected chi connectivity index (χ0v) is 16.8. The number of nitrogens with zero attached hydrogens (tertiary/aromatic N) is 6. The topological polar surface area (TPSA) is 85.4 Å². The number of fused-ring (bicyclic) bond motifs is 3. The third kappa shape index (κ3) is 2.81. The summed E-state index contributed by atoms with van der Waals surface area (Å²) in [4.78, 5) is 39.4. The van der Waals surface area contributed by atoms with E-state index in [1.165, 1.54) is 26.3 Å². The lowest BCUT2D eigenvalue weighted by Gasteiger charge is -2.12. The first-order valence-electron chi connectivity index (χ1n) is 7.92. The molecular weight excluding hydrogens is 427 g/mol. The molecule has 0 N–H and O–H groups in total. The van der Waals surface area contributed by atoms with Crippen molar-refractivity contribution in [2.24, 2.45) is 0 Å². The molecule has 0 fully saturated rings. The molecule has 1 amide bonds. The van der Waals surface area contributed by atoms with Crippen LogP contribution in [0.1, 0.15) is 10.5 Å². The third-order valence-corrected chi connectivity index (χ3v) is 4.87. The Hall–Kier alpha value is -2.68. The number of imidazole rings is 1. The van der Waals surface area contributed by atoms with Gasteiger partial charge in [-0.1, -0.05) is 29.3 Å². The number of rotatable bonds is 2. The van der Waals surface area contributed by atoms with E-state index in [2.05, 4.69) is 15.0 Å². The summed E-state index contributed by atoms with van der Waals surface area (Å²) >= 11 is 18.6. The first-order valence-corrected chi connectivity index (χ1v) is 9.05. The molecule has 0 bridgehead atoms. The Kier molecular flexibility index (Phi) is 4.49. The van der Waals surface area contributed by atoms with Gasteiger partial charge in [-0.2, -0.15) is 4.98 Å². The summed E-state index contributed by atoms with van der Waals surface area (Å²) < 4.78 is 2.72. The number of aromatic nitrogens is 5. The molecule has 4 rings (SSSR count). The highest BCUT2D eigenvalue weighted by atomic mass is 35.5. The van der Waals surface area contributed by atoms with Gasteiger partial charge in [0.15, 0.2) is 5.65 Å². The summed E-state index contributed by atoms with van der Waals surface area (Å²) in [6, 6.07) is 4.86. The molecular formula is C17H11Cl3N6O2. The molecule has 0 saturated heterocycles. The van der Waals surface area contributed by atoms with Crippen molar-refractivity contribution in [2.75, 3.05) is 14.1 Å². The molecule has 0 aliphatic rings. The predicted octanol–water partition coefficient (Wildman–Crippen LogP) is 3.09. The Morgan fingerprint density at radius 2 is 1.79 bits per heavy atom. The van der Waals surface area contributed by atoms with Crippen molar-refractivity contribution in [3.63, 3.8) is 0 Å². The number of para-hydroxylation sites is 1. The minimum atomic E-state index is -0.497. The van der Waals surface area contributed by atoms with Crippen LogP contribution in [-0.4, -0.2) is 48.8 Å². The van der Waals surface area contributed by atoms with Crippen LogP contribution in [0.5, 0.6) is 0 Å². The number of amides is 1. The predicted molar refractivity (Wildman–Crippen MR) is 107 cm³/mol. The molecule has 0 radical (unpaired) electrons. The maximum Gasteiger partial charge on any atom is 0.273 e. The lowest BCUT2D eigenvalue weighted by Crippen LogP contribution is -2.23. The highest BCUT2D eigenvalue weighted by molar-refractivity contribution is 6.37. The zero-order chi connectivity index (χ0) is 20.2. The maximum absolute atomic E-state index is 13.2. The summed E-state index contributed by atoms with van der Waals surface area (Å²) in [5.74, 6) is -0.228. The van der Waals surface area contributed by atoms with Crippen LogP contribution in [0.15, 0.2) is 35.4 Å². The van der Waals surface area contributed by atoms with Gasteiger partial charge in [0.05, 0.1) is 15.7 Å². The molecule has 3 aromatic heterocycles. The lowest BCUT2D eigenvalue weighted by atomic mass is 10.3. The smallest absolute Gasteiger partial charge is 0.273 e. The summed E-state index contributed by atoms with van der Waals surface area (Å²) in [7, 11) is 3.20. The summed E-state index contributed by atoms with van der Waals surface area (Å²) in [6.07, 6.45) is 2.78. The van der Waals surface area contributed by atoms with Crippen molar-refractivity contribution in [3.05, 3.63) is 62.0 Å². The highest BCUT2D eigenvalue weighted by Crippen LogP contribution is 2.29. The average molecular weight is 438 g/mol. The van der Waals surface area contributed by atoms with E-state index in [1.807, 2.05) is 0 Å². The van der Waals surface area contributed by atoms with Crippen LogP contribution in [0.4, 0.5) is 0 Å². The van der Waals surface area contributed by atoms with E-state index < -0.39 is 5.56 Å². The first-order chi connectivity index (χ1) is 13.3. The van der Waals surface area contributed by atoms with Gasteiger partial charge in [0.2, 0.25) is 11.1 Å². The Morgan fingerprint density at radius 3 is 2.43 bits per heavy atom. The molecule has 0 unspecified atom stereocenters. The number of hydrogen-bond donors (Lipinski definition) is 0. The molecule has 0 atom stereocenters. The van der Waals surface area contributed by atoms with Crippen LogP contribution >= 0.6 is 34.8 Å². The second kappa shape index (κ2) is 6.73. The summed E-state index contributed by atoms with van der Waals surface area (Å²) in [5.41, 5.74) is 0.0732. The Bertz CT molecular complexity index is 1310. The minimum Gasteiger partial charge on any atom is -0.343 e. The van der Waals surface area contributed by atoms with E-state index >= 15 is 0 Å². The van der Waals surface area contributed by atoms with Gasteiger partial charge in [0.1, 0.15) is 11.1 Å². The van der Waals surface area contributed by atoms with Crippen LogP contribution in [0.3, 0.4) is 0 Å². The number of carbonyl (C=O) groups excluding carboxylic acids is 1. The zero-order valence-electron chi connectivity index (χ0n) is 14.5. The van der Waals surface area contributed by atoms with E-state index in [4.69, 9.17) is 34.8 Å². The Labute approximate surface area is 172 Å². The standard InChI is InChI=1S/C17H11Cl3N6O2/c1-24(2)15(28)11-7-25-13-8(6-21-16(20)23-13)14(27)26(17(25)22-11)12-9(18)4-3-5-10(12)19/h3-7H,1-2H3. The van der Waals surface area contributed by atoms with Gasteiger partial charge in [0, 0.05) is 26.5 Å². The van der Waals surface area contributed by atoms with Crippen molar-refractivity contribution >= 4 is 57.5 Å². The van der Waals surface area contributed by atoms with E-state index in [-0.39, 0.29) is 49.4 Å². The normalized spacial score (nSPS) is 11.3. The van der Waals surface area contributed by atoms with Gasteiger partial charge in [-0.15, -0.1) is 0 Å². The van der Waals surface area contributed by atoms with Crippen LogP contribution in [0.2, 0.25) is 15.3 Å². The average Bonchev–Trinajstić information content (AvgIpc) is 3.08. The van der Waals surface area contributed by atoms with Crippen molar-refractivity contribution < 1.29 is 4.79 Å². The van der Waals surface area contributed by atoms with Crippen molar-refractivity contribution in [2.45, 2.75) is 0 Å². The number of benzene rings is 1. The third-order valence-electron chi connectivity index (χ3n) is 4.07. The van der Waals surface area contributed by atoms with Crippen LogP contribution in [0, 0.1) is 0 Å². The maximum atomic E-state index is 13.2. The molecule has 28 heavy (non-hydrogen) atoms. The van der Waals surface area contributed by atoms with Gasteiger partial charge in [0.25, 0.3) is 11.5 Å². The Morgan fingerprint density at radius 1 is 1.11 bits per heavy atom. The van der Waals surface area contributed by atoms with E-state index in [0.29, 0.717) is 0 Å². The first kappa shape index (κ1) is 18.7. The second-order valence-corrected chi connectivity index (χ2v) is 7.24. The monoisotopic (exact) mass is 436 g/mol. The lowest BCUT2D eigenvalue weighted by molar-refractivity contribution is 0.0822. The van der Waals surface area contributed by atoms with Crippen molar-refractivity contribution in [3.8, 4) is 5.69 Å². The largest absolute Gasteiger partial charge is 0.343 e. The van der Waals surface area contributed by atoms with Crippen LogP contribution in [-0.2, 0) is 0 Å². The minimum absolute atomic E-state index is 0.0455. The molecule has 0 aliphatic carbocycles. The van der Waals surface area contributed by atoms with E-state index in [1.54, 1.807) is 32.3 Å². The molecule has 142 valence electrons. The summed E-state index contributed by atoms with van der Waals surface area (Å²) in [6.45, 7) is 0. The van der Waals surface area contributed by atoms with Crippen molar-refractivity contribution in [1.82, 2.24) is 28.8 Å². The van der Waals surface area contributed by atoms with Gasteiger partial charge in [-0.05, 0) is 23.7 Å². The van der Waals surface area contributed by atoms with E-state index in [9.17, 15) is 9.59 Å². The fourth-order valence-corrected chi connectivity index (χ4v) is 3.51. The quantitative estimate of drug-likeness (QED) is 0.450. The molecule has 3 heterocycles. The fraction of sp³-hybridized carbons (Fsp3) is 0.118. The molecule has 0 saturated carbocycles. The number of halogens is 3. The van der Waals surface area contributed by atoms with Gasteiger partial charge in [-0.25, -0.2) is 14.5 Å². The molecule has 1 aromatic carbocycles. The molecule has 0 aliphatic heterocycles. The molecule has 8 nitrogen and oxygen atoms in total. The number of hydrogen-bond acceptors (Lipinski definition) is 5. The molecule has 4 aromatic rings. The second-order valence-electron chi connectivity index (χ2n) is 6.08. The molecule has 11 heteroatoms. The van der Waals surface area contributed by atoms with Crippen LogP contribution in [0.25, 0.3) is 22.5 Å². The van der Waals surface area contributed by atoms with E-state index in [0.717, 1.165) is 0 Å². The molecule has 0 spiro atoms. The Balaban J connectivity index is 2.23. The van der Waals surface area contributed by atoms with Gasteiger partial charge in [-0.3, -0.25) is 14.0 Å².